The van der Waals surface area contributed by atoms with Crippen molar-refractivity contribution in [2.75, 3.05) is 20.3 Å². The third kappa shape index (κ3) is 3.89. The molecule has 0 saturated carbocycles. The molecule has 0 aromatic heterocycles. The maximum absolute atomic E-state index is 9.36. The van der Waals surface area contributed by atoms with Crippen molar-refractivity contribution in [3.05, 3.63) is 23.8 Å². The third-order valence-corrected chi connectivity index (χ3v) is 4.14. The molecule has 0 bridgehead atoms. The summed E-state index contributed by atoms with van der Waals surface area (Å²) in [7, 11) is 1.87. The molecule has 1 heterocycles. The van der Waals surface area contributed by atoms with Crippen LogP contribution in [0.3, 0.4) is 0 Å². The van der Waals surface area contributed by atoms with Gasteiger partial charge in [0, 0.05) is 17.5 Å². The molecule has 0 spiro atoms. The van der Waals surface area contributed by atoms with Gasteiger partial charge in [0.05, 0.1) is 13.2 Å². The van der Waals surface area contributed by atoms with Gasteiger partial charge in [0.1, 0.15) is 5.60 Å². The van der Waals surface area contributed by atoms with Crippen LogP contribution in [0.15, 0.2) is 18.2 Å². The Hall–Kier alpha value is -1.26. The zero-order valence-electron chi connectivity index (χ0n) is 13.5. The fourth-order valence-corrected chi connectivity index (χ4v) is 2.63. The van der Waals surface area contributed by atoms with Crippen LogP contribution in [0.25, 0.3) is 0 Å². The van der Waals surface area contributed by atoms with Crippen molar-refractivity contribution >= 4 is 0 Å². The van der Waals surface area contributed by atoms with E-state index >= 15 is 0 Å². The Balaban J connectivity index is 1.90. The van der Waals surface area contributed by atoms with Gasteiger partial charge in [-0.1, -0.05) is 12.1 Å². The van der Waals surface area contributed by atoms with Crippen LogP contribution < -0.4 is 14.8 Å². The standard InChI is InChI=1S/C17H27NO3/c1-16(2)11-13-7-5-8-14(15(13)21-16)20-10-6-9-17(3,12-19)18-4/h5,7-8,18-19H,6,9-12H2,1-4H3. The Bertz CT molecular complexity index is 481. The van der Waals surface area contributed by atoms with E-state index in [0.717, 1.165) is 30.8 Å². The minimum atomic E-state index is -0.236. The van der Waals surface area contributed by atoms with Crippen LogP contribution in [-0.4, -0.2) is 36.5 Å². The van der Waals surface area contributed by atoms with Crippen molar-refractivity contribution < 1.29 is 14.6 Å². The number of likely N-dealkylation sites (N-methyl/N-ethyl adjacent to an activating group) is 1. The van der Waals surface area contributed by atoms with Crippen molar-refractivity contribution in [3.8, 4) is 11.5 Å². The van der Waals surface area contributed by atoms with Gasteiger partial charge in [-0.3, -0.25) is 0 Å². The van der Waals surface area contributed by atoms with E-state index in [2.05, 4.69) is 25.2 Å². The number of para-hydroxylation sites is 1. The molecule has 0 aliphatic carbocycles. The van der Waals surface area contributed by atoms with E-state index in [-0.39, 0.29) is 17.7 Å². The molecule has 1 aromatic rings. The first-order valence-corrected chi connectivity index (χ1v) is 7.63. The van der Waals surface area contributed by atoms with Crippen LogP contribution in [0, 0.1) is 0 Å². The average molecular weight is 293 g/mol. The second-order valence-corrected chi connectivity index (χ2v) is 6.70. The molecule has 0 saturated heterocycles. The molecular weight excluding hydrogens is 266 g/mol. The molecule has 1 atom stereocenters. The summed E-state index contributed by atoms with van der Waals surface area (Å²) < 4.78 is 11.9. The Morgan fingerprint density at radius 3 is 2.86 bits per heavy atom. The van der Waals surface area contributed by atoms with Crippen LogP contribution in [0.5, 0.6) is 11.5 Å². The van der Waals surface area contributed by atoms with E-state index in [1.54, 1.807) is 0 Å². The fraction of sp³-hybridized carbons (Fsp3) is 0.647. The second-order valence-electron chi connectivity index (χ2n) is 6.70. The lowest BCUT2D eigenvalue weighted by Gasteiger charge is -2.26. The highest BCUT2D eigenvalue weighted by Crippen LogP contribution is 2.41. The molecule has 0 fully saturated rings. The topological polar surface area (TPSA) is 50.7 Å². The van der Waals surface area contributed by atoms with Crippen molar-refractivity contribution in [2.24, 2.45) is 0 Å². The second kappa shape index (κ2) is 6.24. The zero-order chi connectivity index (χ0) is 15.5. The predicted molar refractivity (Wildman–Crippen MR) is 84.1 cm³/mol. The number of rotatable bonds is 7. The minimum Gasteiger partial charge on any atom is -0.490 e. The van der Waals surface area contributed by atoms with Gasteiger partial charge in [0.2, 0.25) is 0 Å². The van der Waals surface area contributed by atoms with Crippen LogP contribution in [-0.2, 0) is 6.42 Å². The summed E-state index contributed by atoms with van der Waals surface area (Å²) in [5.74, 6) is 1.72. The highest BCUT2D eigenvalue weighted by atomic mass is 16.5. The fourth-order valence-electron chi connectivity index (χ4n) is 2.63. The first kappa shape index (κ1) is 16.1. The molecule has 0 radical (unpaired) electrons. The van der Waals surface area contributed by atoms with E-state index in [4.69, 9.17) is 9.47 Å². The monoisotopic (exact) mass is 293 g/mol. The molecule has 2 N–H and O–H groups in total. The van der Waals surface area contributed by atoms with Gasteiger partial charge in [0.15, 0.2) is 11.5 Å². The van der Waals surface area contributed by atoms with Crippen molar-refractivity contribution in [3.63, 3.8) is 0 Å². The first-order chi connectivity index (χ1) is 9.89. The van der Waals surface area contributed by atoms with Gasteiger partial charge in [-0.15, -0.1) is 0 Å². The Morgan fingerprint density at radius 1 is 1.43 bits per heavy atom. The molecule has 0 amide bonds. The summed E-state index contributed by atoms with van der Waals surface area (Å²) in [6.07, 6.45) is 2.66. The number of fused-ring (bicyclic) bond motifs is 1. The number of aliphatic hydroxyl groups is 1. The number of hydrogen-bond donors (Lipinski definition) is 2. The molecular formula is C17H27NO3. The van der Waals surface area contributed by atoms with Crippen molar-refractivity contribution in [1.82, 2.24) is 5.32 Å². The van der Waals surface area contributed by atoms with Gasteiger partial charge < -0.3 is 19.9 Å². The van der Waals surface area contributed by atoms with Gasteiger partial charge in [0.25, 0.3) is 0 Å². The molecule has 118 valence electrons. The smallest absolute Gasteiger partial charge is 0.165 e. The van der Waals surface area contributed by atoms with E-state index in [0.29, 0.717) is 6.61 Å². The zero-order valence-corrected chi connectivity index (χ0v) is 13.5. The molecule has 1 unspecified atom stereocenters. The molecule has 21 heavy (non-hydrogen) atoms. The lowest BCUT2D eigenvalue weighted by molar-refractivity contribution is 0.130. The summed E-state index contributed by atoms with van der Waals surface area (Å²) in [5, 5.41) is 12.5. The summed E-state index contributed by atoms with van der Waals surface area (Å²) in [6, 6.07) is 6.08. The largest absolute Gasteiger partial charge is 0.490 e. The highest BCUT2D eigenvalue weighted by molar-refractivity contribution is 5.50. The van der Waals surface area contributed by atoms with E-state index < -0.39 is 0 Å². The normalized spacial score (nSPS) is 18.7. The minimum absolute atomic E-state index is 0.127. The lowest BCUT2D eigenvalue weighted by Crippen LogP contribution is -2.43. The number of ether oxygens (including phenoxy) is 2. The average Bonchev–Trinajstić information content (AvgIpc) is 2.78. The van der Waals surface area contributed by atoms with Crippen LogP contribution >= 0.6 is 0 Å². The van der Waals surface area contributed by atoms with Crippen LogP contribution in [0.1, 0.15) is 39.2 Å². The summed E-state index contributed by atoms with van der Waals surface area (Å²) in [6.45, 7) is 6.95. The van der Waals surface area contributed by atoms with E-state index in [1.165, 1.54) is 5.56 Å². The molecule has 1 aliphatic heterocycles. The van der Waals surface area contributed by atoms with Crippen LogP contribution in [0.4, 0.5) is 0 Å². The maximum Gasteiger partial charge on any atom is 0.165 e. The van der Waals surface area contributed by atoms with Gasteiger partial charge in [-0.2, -0.15) is 0 Å². The number of aliphatic hydroxyl groups excluding tert-OH is 1. The van der Waals surface area contributed by atoms with Crippen molar-refractivity contribution in [2.45, 2.75) is 51.2 Å². The van der Waals surface area contributed by atoms with E-state index in [9.17, 15) is 5.11 Å². The summed E-state index contributed by atoms with van der Waals surface area (Å²) >= 11 is 0. The Kier molecular flexibility index (Phi) is 4.79. The third-order valence-electron chi connectivity index (χ3n) is 4.14. The van der Waals surface area contributed by atoms with Crippen molar-refractivity contribution in [1.29, 1.82) is 0 Å². The molecule has 1 aromatic carbocycles. The maximum atomic E-state index is 9.36. The Labute approximate surface area is 127 Å². The van der Waals surface area contributed by atoms with Gasteiger partial charge in [-0.05, 0) is 46.7 Å². The van der Waals surface area contributed by atoms with Gasteiger partial charge in [-0.25, -0.2) is 0 Å². The first-order valence-electron chi connectivity index (χ1n) is 7.63. The van der Waals surface area contributed by atoms with Crippen LogP contribution in [0.2, 0.25) is 0 Å². The molecule has 4 heteroatoms. The van der Waals surface area contributed by atoms with Gasteiger partial charge >= 0.3 is 0 Å². The lowest BCUT2D eigenvalue weighted by atomic mass is 9.97. The molecule has 1 aliphatic rings. The summed E-state index contributed by atoms with van der Waals surface area (Å²) in [4.78, 5) is 0. The number of nitrogens with one attached hydrogen (secondary N) is 1. The Morgan fingerprint density at radius 2 is 2.19 bits per heavy atom. The van der Waals surface area contributed by atoms with E-state index in [1.807, 2.05) is 26.1 Å². The molecule has 4 nitrogen and oxygen atoms in total. The highest BCUT2D eigenvalue weighted by Gasteiger charge is 2.32. The number of hydrogen-bond acceptors (Lipinski definition) is 4. The SMILES string of the molecule is CNC(C)(CO)CCCOc1cccc2c1OC(C)(C)C2. The number of benzene rings is 1. The molecule has 2 rings (SSSR count). The summed E-state index contributed by atoms with van der Waals surface area (Å²) in [5.41, 5.74) is 0.831. The quantitative estimate of drug-likeness (QED) is 0.759. The predicted octanol–water partition coefficient (Wildman–Crippen LogP) is 2.53.